The van der Waals surface area contributed by atoms with Crippen molar-refractivity contribution in [1.82, 2.24) is 0 Å². The number of hydrogen-bond donors (Lipinski definition) is 5. The zero-order chi connectivity index (χ0) is 26.4. The van der Waals surface area contributed by atoms with Gasteiger partial charge in [-0.25, -0.2) is 0 Å². The van der Waals surface area contributed by atoms with E-state index < -0.39 is 11.8 Å². The van der Waals surface area contributed by atoms with Crippen LogP contribution in [0.3, 0.4) is 0 Å². The monoisotopic (exact) mass is 497 g/mol. The Morgan fingerprint density at radius 1 is 0.944 bits per heavy atom. The van der Waals surface area contributed by atoms with Crippen LogP contribution in [-0.2, 0) is 16.0 Å². The normalized spacial score (nSPS) is 11.0. The van der Waals surface area contributed by atoms with Crippen LogP contribution in [0, 0.1) is 0 Å². The first-order valence-electron chi connectivity index (χ1n) is 11.8. The summed E-state index contributed by atoms with van der Waals surface area (Å²) >= 11 is 0. The van der Waals surface area contributed by atoms with Crippen LogP contribution in [0.4, 0.5) is 11.4 Å². The summed E-state index contributed by atoms with van der Waals surface area (Å²) in [5.41, 5.74) is 17.3. The topological polar surface area (TPSA) is 192 Å². The van der Waals surface area contributed by atoms with Gasteiger partial charge >= 0.3 is 5.97 Å². The van der Waals surface area contributed by atoms with E-state index in [1.54, 1.807) is 0 Å². The zero-order valence-corrected chi connectivity index (χ0v) is 20.1. The predicted octanol–water partition coefficient (Wildman–Crippen LogP) is 3.92. The van der Waals surface area contributed by atoms with Gasteiger partial charge in [-0.05, 0) is 37.5 Å². The van der Waals surface area contributed by atoms with E-state index in [2.05, 4.69) is 0 Å². The molecule has 36 heavy (non-hydrogen) atoms. The Bertz CT molecular complexity index is 1270. The number of phenolic OH excluding ortho intramolecular Hbond substituents is 2. The Morgan fingerprint density at radius 3 is 2.28 bits per heavy atom. The van der Waals surface area contributed by atoms with Gasteiger partial charge in [-0.1, -0.05) is 19.8 Å². The maximum Gasteiger partial charge on any atom is 0.311 e. The zero-order valence-electron chi connectivity index (χ0n) is 20.1. The van der Waals surface area contributed by atoms with E-state index in [1.165, 1.54) is 24.3 Å². The first-order chi connectivity index (χ1) is 17.1. The van der Waals surface area contributed by atoms with E-state index in [9.17, 15) is 24.6 Å². The van der Waals surface area contributed by atoms with Gasteiger partial charge in [0.15, 0.2) is 23.0 Å². The molecule has 0 fully saturated rings. The number of aryl methyl sites for hydroxylation is 1. The fourth-order valence-corrected chi connectivity index (χ4v) is 3.88. The summed E-state index contributed by atoms with van der Waals surface area (Å²) in [6, 6.07) is 5.32. The lowest BCUT2D eigenvalue weighted by Crippen LogP contribution is -2.09. The standard InChI is InChI=1S/C26H31N3O7/c1-2-3-9-23(32)36-21-13-20-15(12-18(21)30)24(19(35-20)7-5-4-6-8-22(29)31)25(33)14-10-16(27)26(34)17(28)11-14/h10-13,30,34H,2-9,27-28H2,1H3,(H2,29,31). The number of ketones is 1. The van der Waals surface area contributed by atoms with Crippen molar-refractivity contribution in [2.24, 2.45) is 5.73 Å². The van der Waals surface area contributed by atoms with Gasteiger partial charge in [-0.2, -0.15) is 0 Å². The number of nitrogens with two attached hydrogens (primary N) is 3. The quantitative estimate of drug-likeness (QED) is 0.0615. The molecule has 3 rings (SSSR count). The highest BCUT2D eigenvalue weighted by atomic mass is 16.5. The SMILES string of the molecule is CCCCC(=O)Oc1cc2oc(CCCCCC(N)=O)c(C(=O)c3cc(N)c(O)c(N)c3)c2cc1O. The summed E-state index contributed by atoms with van der Waals surface area (Å²) in [7, 11) is 0. The number of rotatable bonds is 12. The molecule has 10 heteroatoms. The number of primary amides is 1. The summed E-state index contributed by atoms with van der Waals surface area (Å²) in [6.45, 7) is 1.95. The Kier molecular flexibility index (Phi) is 8.42. The summed E-state index contributed by atoms with van der Waals surface area (Å²) in [5, 5.41) is 20.7. The minimum Gasteiger partial charge on any atom is -0.504 e. The largest absolute Gasteiger partial charge is 0.504 e. The highest BCUT2D eigenvalue weighted by Crippen LogP contribution is 2.38. The second kappa shape index (κ2) is 11.5. The number of furan rings is 1. The van der Waals surface area contributed by atoms with Crippen molar-refractivity contribution >= 4 is 40.0 Å². The van der Waals surface area contributed by atoms with Gasteiger partial charge in [0.25, 0.3) is 0 Å². The molecule has 1 heterocycles. The number of phenols is 2. The number of amides is 1. The fraction of sp³-hybridized carbons (Fsp3) is 0.346. The maximum atomic E-state index is 13.5. The molecule has 0 unspecified atom stereocenters. The van der Waals surface area contributed by atoms with Crippen LogP contribution in [0.1, 0.15) is 73.6 Å². The Morgan fingerprint density at radius 2 is 1.64 bits per heavy atom. The second-order valence-electron chi connectivity index (χ2n) is 8.65. The molecule has 0 radical (unpaired) electrons. The third-order valence-electron chi connectivity index (χ3n) is 5.79. The number of ether oxygens (including phenoxy) is 1. The van der Waals surface area contributed by atoms with Crippen molar-refractivity contribution in [2.45, 2.75) is 58.3 Å². The summed E-state index contributed by atoms with van der Waals surface area (Å²) in [5.74, 6) is -1.68. The Balaban J connectivity index is 2.00. The number of benzene rings is 2. The summed E-state index contributed by atoms with van der Waals surface area (Å²) in [6.07, 6.45) is 4.19. The van der Waals surface area contributed by atoms with Crippen molar-refractivity contribution < 1.29 is 33.8 Å². The van der Waals surface area contributed by atoms with Crippen LogP contribution in [0.15, 0.2) is 28.7 Å². The van der Waals surface area contributed by atoms with Crippen molar-refractivity contribution in [3.63, 3.8) is 0 Å². The molecule has 0 spiro atoms. The highest BCUT2D eigenvalue weighted by molar-refractivity contribution is 6.18. The number of carbonyl (C=O) groups excluding carboxylic acids is 3. The average Bonchev–Trinajstić information content (AvgIpc) is 3.16. The number of hydrogen-bond acceptors (Lipinski definition) is 9. The highest BCUT2D eigenvalue weighted by Gasteiger charge is 2.25. The number of nitrogen functional groups attached to an aromatic ring is 2. The lowest BCUT2D eigenvalue weighted by atomic mass is 9.97. The number of carbonyl (C=O) groups is 3. The number of unbranched alkanes of at least 4 members (excludes halogenated alkanes) is 3. The number of fused-ring (bicyclic) bond motifs is 1. The molecule has 2 aromatic carbocycles. The van der Waals surface area contributed by atoms with E-state index in [4.69, 9.17) is 26.4 Å². The van der Waals surface area contributed by atoms with Gasteiger partial charge in [0, 0.05) is 36.3 Å². The van der Waals surface area contributed by atoms with E-state index in [-0.39, 0.29) is 64.1 Å². The Hall–Kier alpha value is -4.21. The minimum absolute atomic E-state index is 0.0525. The minimum atomic E-state index is -0.487. The molecule has 10 nitrogen and oxygen atoms in total. The smallest absolute Gasteiger partial charge is 0.311 e. The average molecular weight is 498 g/mol. The molecule has 0 atom stereocenters. The molecule has 0 bridgehead atoms. The number of aromatic hydroxyl groups is 2. The fourth-order valence-electron chi connectivity index (χ4n) is 3.88. The summed E-state index contributed by atoms with van der Waals surface area (Å²) in [4.78, 5) is 36.6. The third-order valence-corrected chi connectivity index (χ3v) is 5.79. The van der Waals surface area contributed by atoms with Crippen molar-refractivity contribution in [2.75, 3.05) is 11.5 Å². The van der Waals surface area contributed by atoms with Gasteiger partial charge < -0.3 is 36.6 Å². The van der Waals surface area contributed by atoms with Crippen LogP contribution in [0.25, 0.3) is 11.0 Å². The molecular weight excluding hydrogens is 466 g/mol. The van der Waals surface area contributed by atoms with Crippen molar-refractivity contribution in [3.8, 4) is 17.2 Å². The molecule has 1 aromatic heterocycles. The lowest BCUT2D eigenvalue weighted by molar-refractivity contribution is -0.134. The molecule has 0 saturated carbocycles. The molecule has 3 aromatic rings. The van der Waals surface area contributed by atoms with Crippen LogP contribution in [0.5, 0.6) is 17.2 Å². The van der Waals surface area contributed by atoms with Crippen LogP contribution in [-0.4, -0.2) is 27.9 Å². The molecule has 0 saturated heterocycles. The van der Waals surface area contributed by atoms with Gasteiger partial charge in [0.1, 0.15) is 11.3 Å². The number of anilines is 2. The molecule has 8 N–H and O–H groups in total. The van der Waals surface area contributed by atoms with Crippen LogP contribution in [0.2, 0.25) is 0 Å². The van der Waals surface area contributed by atoms with Gasteiger partial charge in [-0.3, -0.25) is 14.4 Å². The van der Waals surface area contributed by atoms with Gasteiger partial charge in [0.05, 0.1) is 16.9 Å². The molecule has 192 valence electrons. The van der Waals surface area contributed by atoms with Crippen LogP contribution >= 0.6 is 0 Å². The summed E-state index contributed by atoms with van der Waals surface area (Å²) < 4.78 is 11.3. The molecule has 0 aliphatic heterocycles. The van der Waals surface area contributed by atoms with E-state index in [0.717, 1.165) is 6.42 Å². The third kappa shape index (κ3) is 6.07. The maximum absolute atomic E-state index is 13.5. The molecular formula is C26H31N3O7. The van der Waals surface area contributed by atoms with Gasteiger partial charge in [0.2, 0.25) is 5.91 Å². The van der Waals surface area contributed by atoms with Gasteiger partial charge in [-0.15, -0.1) is 0 Å². The Labute approximate surface area is 208 Å². The van der Waals surface area contributed by atoms with E-state index in [0.29, 0.717) is 43.3 Å². The first kappa shape index (κ1) is 26.4. The second-order valence-corrected chi connectivity index (χ2v) is 8.65. The first-order valence-corrected chi connectivity index (χ1v) is 11.8. The van der Waals surface area contributed by atoms with E-state index >= 15 is 0 Å². The predicted molar refractivity (Wildman–Crippen MR) is 135 cm³/mol. The molecule has 1 amide bonds. The van der Waals surface area contributed by atoms with Crippen molar-refractivity contribution in [1.29, 1.82) is 0 Å². The van der Waals surface area contributed by atoms with Crippen LogP contribution < -0.4 is 21.9 Å². The number of esters is 1. The molecule has 0 aliphatic rings. The molecule has 0 aliphatic carbocycles. The van der Waals surface area contributed by atoms with E-state index in [1.807, 2.05) is 6.92 Å². The van der Waals surface area contributed by atoms with Crippen molar-refractivity contribution in [3.05, 3.63) is 41.2 Å². The lowest BCUT2D eigenvalue weighted by Gasteiger charge is -2.08.